The maximum absolute atomic E-state index is 12.7. The highest BCUT2D eigenvalue weighted by Gasteiger charge is 2.27. The molecule has 55 heavy (non-hydrogen) atoms. The molecule has 0 rings (SSSR count). The lowest BCUT2D eigenvalue weighted by Gasteiger charge is -2.24. The van der Waals surface area contributed by atoms with Crippen LogP contribution < -0.4 is 0 Å². The van der Waals surface area contributed by atoms with E-state index in [0.29, 0.717) is 17.4 Å². The van der Waals surface area contributed by atoms with Crippen LogP contribution in [0.15, 0.2) is 24.3 Å². The number of allylic oxidation sites excluding steroid dienone is 4. The molecule has 0 aromatic heterocycles. The van der Waals surface area contributed by atoms with Crippen LogP contribution in [0.2, 0.25) is 0 Å². The highest BCUT2D eigenvalue weighted by atomic mass is 31.2. The smallest absolute Gasteiger partial charge is 0.462 e. The summed E-state index contributed by atoms with van der Waals surface area (Å²) < 4.78 is 34.3. The number of ether oxygens (including phenoxy) is 2. The number of phosphoric ester groups is 1. The first-order valence-electron chi connectivity index (χ1n) is 22.6. The minimum Gasteiger partial charge on any atom is -0.462 e. The Morgan fingerprint density at radius 1 is 0.545 bits per heavy atom. The van der Waals surface area contributed by atoms with Crippen LogP contribution in [0.3, 0.4) is 0 Å². The third-order valence-corrected chi connectivity index (χ3v) is 10.7. The van der Waals surface area contributed by atoms with Gasteiger partial charge in [0, 0.05) is 12.8 Å². The van der Waals surface area contributed by atoms with E-state index in [2.05, 4.69) is 38.2 Å². The van der Waals surface area contributed by atoms with Crippen LogP contribution in [0.1, 0.15) is 200 Å². The van der Waals surface area contributed by atoms with Gasteiger partial charge in [-0.15, -0.1) is 0 Å². The van der Waals surface area contributed by atoms with Gasteiger partial charge in [-0.2, -0.15) is 0 Å². The van der Waals surface area contributed by atoms with Gasteiger partial charge in [0.2, 0.25) is 0 Å². The van der Waals surface area contributed by atoms with Crippen LogP contribution in [0, 0.1) is 0 Å². The molecule has 1 N–H and O–H groups in total. The molecular formula is C45H87NO8P+. The molecule has 2 unspecified atom stereocenters. The lowest BCUT2D eigenvalue weighted by Crippen LogP contribution is -2.37. The lowest BCUT2D eigenvalue weighted by molar-refractivity contribution is -0.870. The first kappa shape index (κ1) is 53.5. The average Bonchev–Trinajstić information content (AvgIpc) is 3.13. The summed E-state index contributed by atoms with van der Waals surface area (Å²) in [5, 5.41) is 0. The normalized spacial score (nSPS) is 13.8. The number of nitrogens with zero attached hydrogens (tertiary/aromatic N) is 1. The minimum absolute atomic E-state index is 0.0312. The van der Waals surface area contributed by atoms with E-state index in [4.69, 9.17) is 18.5 Å². The molecule has 2 atom stereocenters. The van der Waals surface area contributed by atoms with E-state index >= 15 is 0 Å². The number of likely N-dealkylation sites (N-methyl/N-ethyl adjacent to an activating group) is 1. The van der Waals surface area contributed by atoms with Gasteiger partial charge in [0.25, 0.3) is 0 Å². The second-order valence-corrected chi connectivity index (χ2v) is 17.9. The monoisotopic (exact) mass is 801 g/mol. The lowest BCUT2D eigenvalue weighted by atomic mass is 10.1. The molecule has 0 spiro atoms. The van der Waals surface area contributed by atoms with Crippen molar-refractivity contribution in [2.24, 2.45) is 0 Å². The summed E-state index contributed by atoms with van der Waals surface area (Å²) in [7, 11) is 1.47. The molecule has 0 aliphatic carbocycles. The quantitative estimate of drug-likeness (QED) is 0.0214. The Kier molecular flexibility index (Phi) is 37.0. The molecule has 0 aliphatic heterocycles. The minimum atomic E-state index is -4.37. The van der Waals surface area contributed by atoms with Gasteiger partial charge in [0.15, 0.2) is 6.10 Å². The fraction of sp³-hybridized carbons (Fsp3) is 0.867. The van der Waals surface area contributed by atoms with Crippen molar-refractivity contribution in [1.29, 1.82) is 0 Å². The van der Waals surface area contributed by atoms with Crippen molar-refractivity contribution in [3.05, 3.63) is 24.3 Å². The number of esters is 2. The zero-order valence-electron chi connectivity index (χ0n) is 36.4. The Balaban J connectivity index is 4.31. The summed E-state index contributed by atoms with van der Waals surface area (Å²) in [5.74, 6) is -0.807. The SMILES string of the molecule is CCCCC/C=C\CCCCCCCC(=O)OCC(COP(=O)(O)OCC[N+](C)(C)C)OC(=O)CCCCCCCCCCC/C=C\CCCCCCCC. The van der Waals surface area contributed by atoms with Crippen molar-refractivity contribution in [2.75, 3.05) is 47.5 Å². The van der Waals surface area contributed by atoms with Gasteiger partial charge in [-0.25, -0.2) is 4.57 Å². The second-order valence-electron chi connectivity index (χ2n) is 16.4. The Morgan fingerprint density at radius 2 is 0.927 bits per heavy atom. The molecule has 10 heteroatoms. The largest absolute Gasteiger partial charge is 0.472 e. The van der Waals surface area contributed by atoms with Gasteiger partial charge in [0.1, 0.15) is 19.8 Å². The van der Waals surface area contributed by atoms with Crippen LogP contribution in [0.4, 0.5) is 0 Å². The van der Waals surface area contributed by atoms with E-state index in [1.807, 2.05) is 21.1 Å². The number of hydrogen-bond acceptors (Lipinski definition) is 7. The molecule has 324 valence electrons. The fourth-order valence-corrected chi connectivity index (χ4v) is 6.86. The third kappa shape index (κ3) is 41.9. The predicted molar refractivity (Wildman–Crippen MR) is 229 cm³/mol. The van der Waals surface area contributed by atoms with Gasteiger partial charge < -0.3 is 18.9 Å². The van der Waals surface area contributed by atoms with Crippen molar-refractivity contribution in [3.8, 4) is 0 Å². The first-order valence-corrected chi connectivity index (χ1v) is 24.1. The average molecular weight is 801 g/mol. The summed E-state index contributed by atoms with van der Waals surface area (Å²) in [5.41, 5.74) is 0. The van der Waals surface area contributed by atoms with Gasteiger partial charge >= 0.3 is 19.8 Å². The van der Waals surface area contributed by atoms with Crippen molar-refractivity contribution in [1.82, 2.24) is 0 Å². The Morgan fingerprint density at radius 3 is 1.38 bits per heavy atom. The van der Waals surface area contributed by atoms with Crippen molar-refractivity contribution in [2.45, 2.75) is 206 Å². The van der Waals surface area contributed by atoms with E-state index in [-0.39, 0.29) is 32.0 Å². The number of quaternary nitrogens is 1. The summed E-state index contributed by atoms with van der Waals surface area (Å²) >= 11 is 0. The number of carbonyl (C=O) groups is 2. The van der Waals surface area contributed by atoms with Gasteiger partial charge in [-0.3, -0.25) is 18.6 Å². The van der Waals surface area contributed by atoms with Crippen LogP contribution in [-0.4, -0.2) is 74.9 Å². The summed E-state index contributed by atoms with van der Waals surface area (Å²) in [6.07, 6.45) is 40.8. The summed E-state index contributed by atoms with van der Waals surface area (Å²) in [6.45, 7) is 4.39. The molecule has 0 fully saturated rings. The van der Waals surface area contributed by atoms with E-state index < -0.39 is 26.5 Å². The number of unbranched alkanes of at least 4 members (excludes halogenated alkanes) is 23. The van der Waals surface area contributed by atoms with Gasteiger partial charge in [-0.1, -0.05) is 147 Å². The number of phosphoric acid groups is 1. The molecular weight excluding hydrogens is 713 g/mol. The zero-order valence-corrected chi connectivity index (χ0v) is 37.3. The maximum atomic E-state index is 12.7. The van der Waals surface area contributed by atoms with Gasteiger partial charge in [0.05, 0.1) is 27.7 Å². The topological polar surface area (TPSA) is 108 Å². The molecule has 0 saturated carbocycles. The van der Waals surface area contributed by atoms with Crippen LogP contribution >= 0.6 is 7.82 Å². The maximum Gasteiger partial charge on any atom is 0.472 e. The third-order valence-electron chi connectivity index (χ3n) is 9.70. The van der Waals surface area contributed by atoms with E-state index in [0.717, 1.165) is 57.8 Å². The molecule has 0 radical (unpaired) electrons. The molecule has 0 aromatic carbocycles. The van der Waals surface area contributed by atoms with Crippen molar-refractivity contribution >= 4 is 19.8 Å². The molecule has 0 bridgehead atoms. The number of hydrogen-bond donors (Lipinski definition) is 1. The molecule has 9 nitrogen and oxygen atoms in total. The second kappa shape index (κ2) is 38.0. The fourth-order valence-electron chi connectivity index (χ4n) is 6.12. The highest BCUT2D eigenvalue weighted by Crippen LogP contribution is 2.43. The Hall–Kier alpha value is -1.51. The van der Waals surface area contributed by atoms with Crippen LogP contribution in [-0.2, 0) is 32.7 Å². The molecule has 0 aliphatic rings. The standard InChI is InChI=1S/C45H86NO8P/c1-6-8-10-12-14-16-18-20-21-22-23-24-25-26-28-30-32-34-36-38-45(48)54-43(42-53-55(49,50)52-40-39-46(3,4)5)41-51-44(47)37-35-33-31-29-27-19-17-15-13-11-9-7-2/h15,17,20-21,43H,6-14,16,18-19,22-42H2,1-5H3/p+1/b17-15-,21-20-. The Labute approximate surface area is 339 Å². The zero-order chi connectivity index (χ0) is 40.7. The molecule has 0 aromatic rings. The van der Waals surface area contributed by atoms with Gasteiger partial charge in [-0.05, 0) is 64.2 Å². The van der Waals surface area contributed by atoms with E-state index in [1.165, 1.54) is 109 Å². The highest BCUT2D eigenvalue weighted by molar-refractivity contribution is 7.47. The van der Waals surface area contributed by atoms with Crippen LogP contribution in [0.25, 0.3) is 0 Å². The van der Waals surface area contributed by atoms with Crippen LogP contribution in [0.5, 0.6) is 0 Å². The Bertz CT molecular complexity index is 996. The summed E-state index contributed by atoms with van der Waals surface area (Å²) in [6, 6.07) is 0. The molecule has 0 heterocycles. The van der Waals surface area contributed by atoms with Crippen molar-refractivity contribution in [3.63, 3.8) is 0 Å². The number of rotatable bonds is 41. The number of carbonyl (C=O) groups excluding carboxylic acids is 2. The van der Waals surface area contributed by atoms with E-state index in [1.54, 1.807) is 0 Å². The first-order chi connectivity index (χ1) is 26.5. The predicted octanol–water partition coefficient (Wildman–Crippen LogP) is 12.7. The molecule has 0 amide bonds. The summed E-state index contributed by atoms with van der Waals surface area (Å²) in [4.78, 5) is 35.3. The molecule has 0 saturated heterocycles. The van der Waals surface area contributed by atoms with E-state index in [9.17, 15) is 19.0 Å². The van der Waals surface area contributed by atoms with Crippen molar-refractivity contribution < 1.29 is 42.1 Å².